The molecule has 1 aliphatic heterocycles. The minimum absolute atomic E-state index is 0.0455. The van der Waals surface area contributed by atoms with Crippen LogP contribution >= 0.6 is 0 Å². The van der Waals surface area contributed by atoms with Gasteiger partial charge < -0.3 is 4.90 Å². The molecule has 0 N–H and O–H groups in total. The molecular formula is C13H17NO. The number of hydrogen-bond acceptors (Lipinski definition) is 1. The first-order valence-electron chi connectivity index (χ1n) is 5.46. The van der Waals surface area contributed by atoms with Crippen LogP contribution in [0.5, 0.6) is 0 Å². The zero-order valence-electron chi connectivity index (χ0n) is 9.58. The molecule has 0 bridgehead atoms. The van der Waals surface area contributed by atoms with Crippen molar-refractivity contribution in [2.24, 2.45) is 0 Å². The zero-order chi connectivity index (χ0) is 11.1. The molecular weight excluding hydrogens is 186 g/mol. The Balaban J connectivity index is 2.35. The van der Waals surface area contributed by atoms with Crippen LogP contribution in [0.25, 0.3) is 0 Å². The number of fused-ring (bicyclic) bond motifs is 1. The smallest absolute Gasteiger partial charge is 0.254 e. The summed E-state index contributed by atoms with van der Waals surface area (Å²) in [6, 6.07) is 7.89. The molecule has 15 heavy (non-hydrogen) atoms. The van der Waals surface area contributed by atoms with Crippen LogP contribution < -0.4 is 0 Å². The number of carbonyl (C=O) groups excluding carboxylic acids is 1. The van der Waals surface area contributed by atoms with E-state index in [0.29, 0.717) is 0 Å². The van der Waals surface area contributed by atoms with E-state index in [4.69, 9.17) is 0 Å². The van der Waals surface area contributed by atoms with Crippen molar-refractivity contribution >= 4 is 5.91 Å². The maximum absolute atomic E-state index is 12.1. The third-order valence-corrected chi connectivity index (χ3v) is 3.42. The lowest BCUT2D eigenvalue weighted by Gasteiger charge is -2.34. The number of benzene rings is 1. The Hall–Kier alpha value is -1.31. The largest absolute Gasteiger partial charge is 0.329 e. The molecule has 0 unspecified atom stereocenters. The predicted octanol–water partition coefficient (Wildman–Crippen LogP) is 2.83. The third-order valence-electron chi connectivity index (χ3n) is 3.42. The van der Waals surface area contributed by atoms with Gasteiger partial charge in [0.2, 0.25) is 0 Å². The van der Waals surface area contributed by atoms with Crippen molar-refractivity contribution in [1.29, 1.82) is 0 Å². The van der Waals surface area contributed by atoms with Crippen LogP contribution in [-0.4, -0.2) is 16.3 Å². The van der Waals surface area contributed by atoms with E-state index in [1.807, 2.05) is 29.2 Å². The Morgan fingerprint density at radius 3 is 2.60 bits per heavy atom. The summed E-state index contributed by atoms with van der Waals surface area (Å²) >= 11 is 0. The summed E-state index contributed by atoms with van der Waals surface area (Å²) < 4.78 is 0. The van der Waals surface area contributed by atoms with Gasteiger partial charge in [-0.25, -0.2) is 0 Å². The summed E-state index contributed by atoms with van der Waals surface area (Å²) in [5, 5.41) is 0. The van der Waals surface area contributed by atoms with Crippen molar-refractivity contribution in [3.63, 3.8) is 0 Å². The summed E-state index contributed by atoms with van der Waals surface area (Å²) in [4.78, 5) is 14.1. The lowest BCUT2D eigenvalue weighted by molar-refractivity contribution is 0.0566. The molecule has 1 aliphatic rings. The van der Waals surface area contributed by atoms with Crippen molar-refractivity contribution in [3.05, 3.63) is 35.4 Å². The Kier molecular flexibility index (Phi) is 2.29. The molecule has 0 aliphatic carbocycles. The van der Waals surface area contributed by atoms with E-state index < -0.39 is 0 Å². The van der Waals surface area contributed by atoms with E-state index >= 15 is 0 Å². The molecule has 1 aromatic rings. The van der Waals surface area contributed by atoms with Crippen LogP contribution in [0.1, 0.15) is 43.1 Å². The van der Waals surface area contributed by atoms with Gasteiger partial charge in [-0.1, -0.05) is 25.1 Å². The van der Waals surface area contributed by atoms with Crippen LogP contribution in [0.15, 0.2) is 24.3 Å². The van der Waals surface area contributed by atoms with E-state index in [9.17, 15) is 4.79 Å². The number of hydrogen-bond donors (Lipinski definition) is 0. The number of carbonyl (C=O) groups is 1. The van der Waals surface area contributed by atoms with Gasteiger partial charge in [0, 0.05) is 17.6 Å². The second kappa shape index (κ2) is 3.37. The molecule has 2 heteroatoms. The first kappa shape index (κ1) is 10.2. The molecule has 2 rings (SSSR count). The SMILES string of the molecule is CCC(C)(C)N1Cc2ccccc2C1=O. The molecule has 1 aromatic carbocycles. The fourth-order valence-corrected chi connectivity index (χ4v) is 1.93. The maximum atomic E-state index is 12.1. The fourth-order valence-electron chi connectivity index (χ4n) is 1.93. The highest BCUT2D eigenvalue weighted by Crippen LogP contribution is 2.30. The van der Waals surface area contributed by atoms with E-state index in [0.717, 1.165) is 24.1 Å². The molecule has 80 valence electrons. The van der Waals surface area contributed by atoms with Gasteiger partial charge in [0.25, 0.3) is 5.91 Å². The normalized spacial score (nSPS) is 15.7. The average Bonchev–Trinajstić information content (AvgIpc) is 2.58. The minimum atomic E-state index is -0.0455. The highest BCUT2D eigenvalue weighted by Gasteiger charge is 2.35. The molecule has 0 radical (unpaired) electrons. The molecule has 0 saturated heterocycles. The van der Waals surface area contributed by atoms with Crippen LogP contribution in [0.4, 0.5) is 0 Å². The van der Waals surface area contributed by atoms with Gasteiger partial charge in [-0.2, -0.15) is 0 Å². The first-order valence-corrected chi connectivity index (χ1v) is 5.46. The highest BCUT2D eigenvalue weighted by atomic mass is 16.2. The van der Waals surface area contributed by atoms with Crippen molar-refractivity contribution in [2.75, 3.05) is 0 Å². The summed E-state index contributed by atoms with van der Waals surface area (Å²) in [6.45, 7) is 7.12. The maximum Gasteiger partial charge on any atom is 0.254 e. The number of rotatable bonds is 2. The Morgan fingerprint density at radius 1 is 1.33 bits per heavy atom. The Morgan fingerprint density at radius 2 is 2.00 bits per heavy atom. The quantitative estimate of drug-likeness (QED) is 0.723. The fraction of sp³-hybridized carbons (Fsp3) is 0.462. The monoisotopic (exact) mass is 203 g/mol. The minimum Gasteiger partial charge on any atom is -0.329 e. The van der Waals surface area contributed by atoms with Gasteiger partial charge >= 0.3 is 0 Å². The van der Waals surface area contributed by atoms with Crippen molar-refractivity contribution < 1.29 is 4.79 Å². The molecule has 1 amide bonds. The summed E-state index contributed by atoms with van der Waals surface area (Å²) in [6.07, 6.45) is 0.979. The predicted molar refractivity (Wildman–Crippen MR) is 60.7 cm³/mol. The van der Waals surface area contributed by atoms with Gasteiger partial charge in [-0.3, -0.25) is 4.79 Å². The van der Waals surface area contributed by atoms with Crippen LogP contribution in [0.3, 0.4) is 0 Å². The van der Waals surface area contributed by atoms with Gasteiger partial charge in [0.05, 0.1) is 0 Å². The van der Waals surface area contributed by atoms with E-state index in [-0.39, 0.29) is 11.4 Å². The van der Waals surface area contributed by atoms with Gasteiger partial charge in [-0.15, -0.1) is 0 Å². The van der Waals surface area contributed by atoms with Crippen molar-refractivity contribution in [3.8, 4) is 0 Å². The Bertz CT molecular complexity index is 395. The highest BCUT2D eigenvalue weighted by molar-refractivity contribution is 5.98. The zero-order valence-corrected chi connectivity index (χ0v) is 9.58. The second-order valence-corrected chi connectivity index (χ2v) is 4.71. The van der Waals surface area contributed by atoms with Crippen LogP contribution in [0.2, 0.25) is 0 Å². The molecule has 0 saturated carbocycles. The number of amides is 1. The molecule has 0 atom stereocenters. The molecule has 0 fully saturated rings. The molecule has 0 aromatic heterocycles. The van der Waals surface area contributed by atoms with Gasteiger partial charge in [0.15, 0.2) is 0 Å². The van der Waals surface area contributed by atoms with Crippen LogP contribution in [-0.2, 0) is 6.54 Å². The van der Waals surface area contributed by atoms with E-state index in [1.54, 1.807) is 0 Å². The van der Waals surface area contributed by atoms with Gasteiger partial charge in [-0.05, 0) is 31.9 Å². The third kappa shape index (κ3) is 1.54. The summed E-state index contributed by atoms with van der Waals surface area (Å²) in [5.74, 6) is 0.178. The first-order chi connectivity index (χ1) is 7.06. The van der Waals surface area contributed by atoms with Gasteiger partial charge in [0.1, 0.15) is 0 Å². The summed E-state index contributed by atoms with van der Waals surface area (Å²) in [5.41, 5.74) is 1.99. The summed E-state index contributed by atoms with van der Waals surface area (Å²) in [7, 11) is 0. The van der Waals surface area contributed by atoms with Crippen LogP contribution in [0, 0.1) is 0 Å². The average molecular weight is 203 g/mol. The molecule has 1 heterocycles. The lowest BCUT2D eigenvalue weighted by atomic mass is 10.00. The van der Waals surface area contributed by atoms with E-state index in [2.05, 4.69) is 20.8 Å². The van der Waals surface area contributed by atoms with Crippen molar-refractivity contribution in [1.82, 2.24) is 4.90 Å². The second-order valence-electron chi connectivity index (χ2n) is 4.71. The lowest BCUT2D eigenvalue weighted by Crippen LogP contribution is -2.43. The Labute approximate surface area is 90.9 Å². The standard InChI is InChI=1S/C13H17NO/c1-4-13(2,3)14-9-10-7-5-6-8-11(10)12(14)15/h5-8H,4,9H2,1-3H3. The molecule has 2 nitrogen and oxygen atoms in total. The number of nitrogens with zero attached hydrogens (tertiary/aromatic N) is 1. The van der Waals surface area contributed by atoms with Crippen molar-refractivity contribution in [2.45, 2.75) is 39.3 Å². The van der Waals surface area contributed by atoms with E-state index in [1.165, 1.54) is 0 Å². The topological polar surface area (TPSA) is 20.3 Å². The molecule has 0 spiro atoms.